The second kappa shape index (κ2) is 8.37. The summed E-state index contributed by atoms with van der Waals surface area (Å²) in [6.07, 6.45) is 0. The van der Waals surface area contributed by atoms with Crippen molar-refractivity contribution in [2.75, 3.05) is 0 Å². The van der Waals surface area contributed by atoms with Crippen molar-refractivity contribution < 1.29 is 14.5 Å². The molecule has 0 fully saturated rings. The number of hydrazine groups is 1. The van der Waals surface area contributed by atoms with Crippen molar-refractivity contribution in [2.45, 2.75) is 6.92 Å². The second-order valence-electron chi connectivity index (χ2n) is 5.08. The Hall–Kier alpha value is -3.04. The molecule has 0 aliphatic carbocycles. The van der Waals surface area contributed by atoms with Gasteiger partial charge >= 0.3 is 0 Å². The van der Waals surface area contributed by atoms with E-state index < -0.39 is 16.7 Å². The first-order chi connectivity index (χ1) is 12.3. The molecule has 8 nitrogen and oxygen atoms in total. The zero-order chi connectivity index (χ0) is 19.3. The number of nitro groups is 1. The van der Waals surface area contributed by atoms with E-state index in [4.69, 9.17) is 23.8 Å². The third-order valence-electron chi connectivity index (χ3n) is 3.37. The van der Waals surface area contributed by atoms with Gasteiger partial charge in [-0.05, 0) is 49.5 Å². The predicted octanol–water partition coefficient (Wildman–Crippen LogP) is 2.51. The summed E-state index contributed by atoms with van der Waals surface area (Å²) in [5.41, 5.74) is 5.19. The average Bonchev–Trinajstić information content (AvgIpc) is 2.60. The first-order valence-electron chi connectivity index (χ1n) is 7.21. The number of hydrogen-bond donors (Lipinski definition) is 3. The molecule has 2 aromatic rings. The van der Waals surface area contributed by atoms with E-state index >= 15 is 0 Å². The molecule has 2 aromatic carbocycles. The number of amides is 2. The van der Waals surface area contributed by atoms with Crippen LogP contribution in [0.1, 0.15) is 26.3 Å². The fourth-order valence-corrected chi connectivity index (χ4v) is 2.33. The summed E-state index contributed by atoms with van der Waals surface area (Å²) in [7, 11) is 0. The van der Waals surface area contributed by atoms with E-state index in [1.807, 2.05) is 0 Å². The largest absolute Gasteiger partial charge is 0.298 e. The van der Waals surface area contributed by atoms with Gasteiger partial charge in [-0.25, -0.2) is 0 Å². The number of rotatable bonds is 3. The number of benzene rings is 2. The summed E-state index contributed by atoms with van der Waals surface area (Å²) in [4.78, 5) is 34.5. The molecule has 3 N–H and O–H groups in total. The van der Waals surface area contributed by atoms with Crippen molar-refractivity contribution in [3.63, 3.8) is 0 Å². The molecule has 2 amide bonds. The topological polar surface area (TPSA) is 113 Å². The summed E-state index contributed by atoms with van der Waals surface area (Å²) in [6.45, 7) is 1.46. The molecule has 134 valence electrons. The van der Waals surface area contributed by atoms with Crippen molar-refractivity contribution in [1.29, 1.82) is 0 Å². The van der Waals surface area contributed by atoms with Gasteiger partial charge in [-0.3, -0.25) is 35.9 Å². The van der Waals surface area contributed by atoms with Crippen LogP contribution in [0.5, 0.6) is 0 Å². The van der Waals surface area contributed by atoms with Crippen molar-refractivity contribution in [3.05, 3.63) is 74.3 Å². The molecule has 0 saturated carbocycles. The minimum Gasteiger partial charge on any atom is -0.298 e. The van der Waals surface area contributed by atoms with Gasteiger partial charge in [-0.2, -0.15) is 0 Å². The van der Waals surface area contributed by atoms with Crippen LogP contribution in [-0.2, 0) is 0 Å². The minimum absolute atomic E-state index is 0.104. The monoisotopic (exact) mass is 392 g/mol. The number of carbonyl (C=O) groups excluding carboxylic acids is 2. The first kappa shape index (κ1) is 19.3. The number of nitrogens with one attached hydrogen (secondary N) is 3. The van der Waals surface area contributed by atoms with Gasteiger partial charge in [-0.15, -0.1) is 0 Å². The third kappa shape index (κ3) is 4.74. The second-order valence-corrected chi connectivity index (χ2v) is 5.92. The molecular weight excluding hydrogens is 380 g/mol. The molecule has 0 heterocycles. The van der Waals surface area contributed by atoms with Gasteiger partial charge < -0.3 is 0 Å². The zero-order valence-electron chi connectivity index (χ0n) is 13.4. The lowest BCUT2D eigenvalue weighted by Gasteiger charge is -2.12. The maximum Gasteiger partial charge on any atom is 0.273 e. The first-order valence-corrected chi connectivity index (χ1v) is 7.99. The highest BCUT2D eigenvalue weighted by Gasteiger charge is 2.18. The van der Waals surface area contributed by atoms with Crippen molar-refractivity contribution >= 4 is 46.4 Å². The van der Waals surface area contributed by atoms with E-state index in [0.717, 1.165) is 0 Å². The van der Waals surface area contributed by atoms with Gasteiger partial charge in [0.1, 0.15) is 0 Å². The van der Waals surface area contributed by atoms with E-state index in [1.54, 1.807) is 12.1 Å². The van der Waals surface area contributed by atoms with Gasteiger partial charge in [-0.1, -0.05) is 17.7 Å². The highest BCUT2D eigenvalue weighted by molar-refractivity contribution is 7.80. The average molecular weight is 393 g/mol. The Morgan fingerprint density at radius 2 is 1.73 bits per heavy atom. The predicted molar refractivity (Wildman–Crippen MR) is 100.0 cm³/mol. The molecule has 0 aliphatic rings. The molecule has 2 rings (SSSR count). The van der Waals surface area contributed by atoms with Crippen LogP contribution in [0.4, 0.5) is 5.69 Å². The van der Waals surface area contributed by atoms with Crippen LogP contribution in [0.15, 0.2) is 42.5 Å². The Morgan fingerprint density at radius 3 is 2.35 bits per heavy atom. The fourth-order valence-electron chi connectivity index (χ4n) is 2.06. The number of hydrogen-bond acceptors (Lipinski definition) is 5. The van der Waals surface area contributed by atoms with Crippen LogP contribution < -0.4 is 16.2 Å². The molecule has 0 radical (unpaired) electrons. The van der Waals surface area contributed by atoms with Gasteiger partial charge in [0.15, 0.2) is 5.11 Å². The van der Waals surface area contributed by atoms with Gasteiger partial charge in [0.05, 0.1) is 4.92 Å². The summed E-state index contributed by atoms with van der Waals surface area (Å²) in [5.74, 6) is -1.12. The maximum atomic E-state index is 12.2. The highest BCUT2D eigenvalue weighted by Crippen LogP contribution is 2.20. The molecule has 0 aromatic heterocycles. The smallest absolute Gasteiger partial charge is 0.273 e. The standard InChI is InChI=1S/C16H13ClN4O4S/c1-9-12(3-2-4-13(9)21(24)25)15(23)18-16(26)20-19-14(22)10-5-7-11(17)8-6-10/h2-8H,1H3,(H,19,22)(H2,18,20,23,26). The summed E-state index contributed by atoms with van der Waals surface area (Å²) in [5, 5.41) is 13.6. The Kier molecular flexibility index (Phi) is 6.21. The molecular formula is C16H13ClN4O4S. The van der Waals surface area contributed by atoms with Gasteiger partial charge in [0, 0.05) is 27.8 Å². The molecule has 0 spiro atoms. The molecule has 0 aliphatic heterocycles. The molecule has 10 heteroatoms. The molecule has 26 heavy (non-hydrogen) atoms. The van der Waals surface area contributed by atoms with Crippen LogP contribution in [0.2, 0.25) is 5.02 Å². The number of thiocarbonyl (C=S) groups is 1. The third-order valence-corrected chi connectivity index (χ3v) is 3.83. The Labute approximate surface area is 158 Å². The number of carbonyl (C=O) groups is 2. The van der Waals surface area contributed by atoms with Crippen molar-refractivity contribution in [1.82, 2.24) is 16.2 Å². The van der Waals surface area contributed by atoms with E-state index in [9.17, 15) is 19.7 Å². The zero-order valence-corrected chi connectivity index (χ0v) is 15.0. The number of halogens is 1. The van der Waals surface area contributed by atoms with E-state index in [1.165, 1.54) is 37.3 Å². The lowest BCUT2D eigenvalue weighted by atomic mass is 10.1. The highest BCUT2D eigenvalue weighted by atomic mass is 35.5. The van der Waals surface area contributed by atoms with E-state index in [-0.39, 0.29) is 21.9 Å². The van der Waals surface area contributed by atoms with E-state index in [0.29, 0.717) is 10.6 Å². The number of nitrogens with zero attached hydrogens (tertiary/aromatic N) is 1. The van der Waals surface area contributed by atoms with Gasteiger partial charge in [0.2, 0.25) is 0 Å². The summed E-state index contributed by atoms with van der Waals surface area (Å²) in [6, 6.07) is 10.3. The SMILES string of the molecule is Cc1c(C(=O)NC(=S)NNC(=O)c2ccc(Cl)cc2)cccc1[N+](=O)[O-]. The lowest BCUT2D eigenvalue weighted by molar-refractivity contribution is -0.385. The van der Waals surface area contributed by atoms with Crippen molar-refractivity contribution in [2.24, 2.45) is 0 Å². The van der Waals surface area contributed by atoms with E-state index in [2.05, 4.69) is 16.2 Å². The maximum absolute atomic E-state index is 12.2. The molecule has 0 bridgehead atoms. The van der Waals surface area contributed by atoms with Crippen LogP contribution in [0.25, 0.3) is 0 Å². The van der Waals surface area contributed by atoms with Crippen LogP contribution >= 0.6 is 23.8 Å². The Morgan fingerprint density at radius 1 is 1.08 bits per heavy atom. The Balaban J connectivity index is 1.96. The molecule has 0 atom stereocenters. The molecule has 0 saturated heterocycles. The minimum atomic E-state index is -0.635. The summed E-state index contributed by atoms with van der Waals surface area (Å²) < 4.78 is 0. The normalized spacial score (nSPS) is 9.92. The number of nitro benzene ring substituents is 1. The van der Waals surface area contributed by atoms with Crippen LogP contribution in [-0.4, -0.2) is 21.9 Å². The quantitative estimate of drug-likeness (QED) is 0.420. The summed E-state index contributed by atoms with van der Waals surface area (Å²) >= 11 is 10.7. The van der Waals surface area contributed by atoms with Gasteiger partial charge in [0.25, 0.3) is 17.5 Å². The molecule has 0 unspecified atom stereocenters. The van der Waals surface area contributed by atoms with Crippen LogP contribution in [0, 0.1) is 17.0 Å². The fraction of sp³-hybridized carbons (Fsp3) is 0.0625. The van der Waals surface area contributed by atoms with Crippen LogP contribution in [0.3, 0.4) is 0 Å². The lowest BCUT2D eigenvalue weighted by Crippen LogP contribution is -2.48. The Bertz CT molecular complexity index is 886. The van der Waals surface area contributed by atoms with Crippen molar-refractivity contribution in [3.8, 4) is 0 Å².